The molecule has 0 spiro atoms. The van der Waals surface area contributed by atoms with Gasteiger partial charge in [0, 0.05) is 6.04 Å². The average molecular weight is 269 g/mol. The first kappa shape index (κ1) is 16.5. The summed E-state index contributed by atoms with van der Waals surface area (Å²) in [5.74, 6) is 0.916. The number of aliphatic carboxylic acids is 1. The molecule has 1 fully saturated rings. The van der Waals surface area contributed by atoms with Gasteiger partial charge in [-0.2, -0.15) is 0 Å². The molecule has 3 heteroatoms. The number of carbonyl (C=O) groups is 1. The largest absolute Gasteiger partial charge is 0.481 e. The minimum atomic E-state index is -0.781. The predicted molar refractivity (Wildman–Crippen MR) is 79.1 cm³/mol. The highest BCUT2D eigenvalue weighted by Crippen LogP contribution is 2.29. The summed E-state index contributed by atoms with van der Waals surface area (Å²) < 4.78 is 0. The van der Waals surface area contributed by atoms with Gasteiger partial charge >= 0.3 is 5.97 Å². The van der Waals surface area contributed by atoms with Crippen LogP contribution in [-0.2, 0) is 4.79 Å². The average Bonchev–Trinajstić information content (AvgIpc) is 2.84. The van der Waals surface area contributed by atoms with E-state index in [4.69, 9.17) is 10.8 Å². The zero-order valence-electron chi connectivity index (χ0n) is 12.4. The topological polar surface area (TPSA) is 63.3 Å². The van der Waals surface area contributed by atoms with E-state index in [2.05, 4.69) is 6.92 Å². The second-order valence-electron chi connectivity index (χ2n) is 6.48. The Morgan fingerprint density at radius 2 is 1.89 bits per heavy atom. The number of hydrogen-bond donors (Lipinski definition) is 2. The van der Waals surface area contributed by atoms with E-state index in [0.717, 1.165) is 18.8 Å². The Balaban J connectivity index is 1.95. The minimum absolute atomic E-state index is 0.106. The minimum Gasteiger partial charge on any atom is -0.481 e. The third-order valence-corrected chi connectivity index (χ3v) is 4.50. The van der Waals surface area contributed by atoms with Gasteiger partial charge in [-0.1, -0.05) is 58.3 Å². The highest BCUT2D eigenvalue weighted by atomic mass is 16.4. The molecule has 0 aromatic heterocycles. The van der Waals surface area contributed by atoms with Crippen LogP contribution in [0.3, 0.4) is 0 Å². The lowest BCUT2D eigenvalue weighted by Crippen LogP contribution is -2.24. The van der Waals surface area contributed by atoms with Crippen molar-refractivity contribution in [2.75, 3.05) is 0 Å². The summed E-state index contributed by atoms with van der Waals surface area (Å²) >= 11 is 0. The highest BCUT2D eigenvalue weighted by molar-refractivity contribution is 5.67. The van der Waals surface area contributed by atoms with Gasteiger partial charge < -0.3 is 10.8 Å². The van der Waals surface area contributed by atoms with Gasteiger partial charge in [-0.3, -0.25) is 4.79 Å². The fourth-order valence-corrected chi connectivity index (χ4v) is 3.19. The molecule has 112 valence electrons. The molecule has 19 heavy (non-hydrogen) atoms. The maximum Gasteiger partial charge on any atom is 0.304 e. The third-order valence-electron chi connectivity index (χ3n) is 4.50. The second-order valence-corrected chi connectivity index (χ2v) is 6.48. The monoisotopic (exact) mass is 269 g/mol. The molecule has 0 amide bonds. The van der Waals surface area contributed by atoms with Crippen molar-refractivity contribution < 1.29 is 9.90 Å². The first-order valence-electron chi connectivity index (χ1n) is 8.05. The quantitative estimate of drug-likeness (QED) is 0.590. The predicted octanol–water partition coefficient (Wildman–Crippen LogP) is 3.96. The summed E-state index contributed by atoms with van der Waals surface area (Å²) in [6, 6.07) is -0.168. The lowest BCUT2D eigenvalue weighted by atomic mass is 9.93. The number of nitrogens with two attached hydrogens (primary N) is 1. The summed E-state index contributed by atoms with van der Waals surface area (Å²) in [5.41, 5.74) is 5.78. The number of carboxylic acid groups (broad SMARTS) is 1. The van der Waals surface area contributed by atoms with Crippen LogP contribution >= 0.6 is 0 Å². The Morgan fingerprint density at radius 3 is 2.53 bits per heavy atom. The first-order valence-corrected chi connectivity index (χ1v) is 8.05. The summed E-state index contributed by atoms with van der Waals surface area (Å²) in [6.07, 6.45) is 13.2. The normalized spacial score (nSPS) is 19.5. The van der Waals surface area contributed by atoms with Crippen LogP contribution in [0.1, 0.15) is 77.6 Å². The van der Waals surface area contributed by atoms with Gasteiger partial charge in [0.1, 0.15) is 0 Å². The molecule has 3 N–H and O–H groups in total. The Bertz CT molecular complexity index is 249. The van der Waals surface area contributed by atoms with Gasteiger partial charge in [-0.15, -0.1) is 0 Å². The summed E-state index contributed by atoms with van der Waals surface area (Å²) in [7, 11) is 0. The van der Waals surface area contributed by atoms with Crippen LogP contribution in [0.15, 0.2) is 0 Å². The molecular formula is C16H31NO2. The van der Waals surface area contributed by atoms with Crippen molar-refractivity contribution in [2.45, 2.75) is 83.6 Å². The van der Waals surface area contributed by atoms with Gasteiger partial charge in [0.2, 0.25) is 0 Å². The van der Waals surface area contributed by atoms with Crippen molar-refractivity contribution in [3.8, 4) is 0 Å². The maximum absolute atomic E-state index is 10.5. The molecule has 3 nitrogen and oxygen atoms in total. The third kappa shape index (κ3) is 8.25. The Labute approximate surface area is 118 Å². The molecule has 1 rings (SSSR count). The van der Waals surface area contributed by atoms with E-state index in [-0.39, 0.29) is 12.5 Å². The zero-order valence-corrected chi connectivity index (χ0v) is 12.4. The van der Waals surface area contributed by atoms with E-state index in [1.807, 2.05) is 0 Å². The smallest absolute Gasteiger partial charge is 0.304 e. The van der Waals surface area contributed by atoms with Crippen LogP contribution in [0.4, 0.5) is 0 Å². The fraction of sp³-hybridized carbons (Fsp3) is 0.938. The Morgan fingerprint density at radius 1 is 1.21 bits per heavy atom. The molecule has 0 heterocycles. The molecule has 0 aromatic carbocycles. The Kier molecular flexibility index (Phi) is 8.11. The zero-order chi connectivity index (χ0) is 14.1. The van der Waals surface area contributed by atoms with Crippen LogP contribution in [0.2, 0.25) is 0 Å². The van der Waals surface area contributed by atoms with Crippen molar-refractivity contribution in [2.24, 2.45) is 17.6 Å². The molecule has 2 unspecified atom stereocenters. The first-order chi connectivity index (χ1) is 9.08. The second kappa shape index (κ2) is 9.35. The summed E-state index contributed by atoms with van der Waals surface area (Å²) in [5, 5.41) is 8.65. The van der Waals surface area contributed by atoms with Gasteiger partial charge in [-0.05, 0) is 24.7 Å². The van der Waals surface area contributed by atoms with E-state index in [1.54, 1.807) is 0 Å². The van der Waals surface area contributed by atoms with Crippen molar-refractivity contribution in [3.05, 3.63) is 0 Å². The van der Waals surface area contributed by atoms with Crippen LogP contribution in [0.5, 0.6) is 0 Å². The fourth-order valence-electron chi connectivity index (χ4n) is 3.19. The molecule has 0 radical (unpaired) electrons. The van der Waals surface area contributed by atoms with Crippen LogP contribution in [-0.4, -0.2) is 17.1 Å². The summed E-state index contributed by atoms with van der Waals surface area (Å²) in [6.45, 7) is 2.27. The molecule has 1 saturated carbocycles. The lowest BCUT2D eigenvalue weighted by Gasteiger charge is -2.15. The standard InChI is InChI=1S/C16H31NO2/c1-13(10-11-15(17)12-16(18)19)6-2-3-7-14-8-4-5-9-14/h13-15H,2-12,17H2,1H3,(H,18,19). The maximum atomic E-state index is 10.5. The molecule has 1 aliphatic rings. The molecule has 0 bridgehead atoms. The van der Waals surface area contributed by atoms with Crippen molar-refractivity contribution in [1.82, 2.24) is 0 Å². The molecular weight excluding hydrogens is 238 g/mol. The van der Waals surface area contributed by atoms with Gasteiger partial charge in [0.05, 0.1) is 6.42 Å². The highest BCUT2D eigenvalue weighted by Gasteiger charge is 2.14. The lowest BCUT2D eigenvalue weighted by molar-refractivity contribution is -0.137. The van der Waals surface area contributed by atoms with Crippen LogP contribution < -0.4 is 5.73 Å². The van der Waals surface area contributed by atoms with Crippen molar-refractivity contribution >= 4 is 5.97 Å². The number of unbranched alkanes of at least 4 members (excludes halogenated alkanes) is 1. The van der Waals surface area contributed by atoms with E-state index in [1.165, 1.54) is 51.4 Å². The SMILES string of the molecule is CC(CCCCC1CCCC1)CCC(N)CC(=O)O. The molecule has 0 saturated heterocycles. The molecule has 0 aromatic rings. The van der Waals surface area contributed by atoms with Crippen molar-refractivity contribution in [3.63, 3.8) is 0 Å². The number of carboxylic acids is 1. The van der Waals surface area contributed by atoms with E-state index in [9.17, 15) is 4.79 Å². The van der Waals surface area contributed by atoms with Crippen LogP contribution in [0, 0.1) is 11.8 Å². The number of hydrogen-bond acceptors (Lipinski definition) is 2. The molecule has 2 atom stereocenters. The summed E-state index contributed by atoms with van der Waals surface area (Å²) in [4.78, 5) is 10.5. The van der Waals surface area contributed by atoms with E-state index in [0.29, 0.717) is 5.92 Å². The molecule has 0 aliphatic heterocycles. The van der Waals surface area contributed by atoms with E-state index >= 15 is 0 Å². The Hall–Kier alpha value is -0.570. The molecule has 1 aliphatic carbocycles. The van der Waals surface area contributed by atoms with Crippen molar-refractivity contribution in [1.29, 1.82) is 0 Å². The number of rotatable bonds is 10. The van der Waals surface area contributed by atoms with Gasteiger partial charge in [0.15, 0.2) is 0 Å². The van der Waals surface area contributed by atoms with Gasteiger partial charge in [0.25, 0.3) is 0 Å². The van der Waals surface area contributed by atoms with E-state index < -0.39 is 5.97 Å². The van der Waals surface area contributed by atoms with Gasteiger partial charge in [-0.25, -0.2) is 0 Å². The van der Waals surface area contributed by atoms with Crippen LogP contribution in [0.25, 0.3) is 0 Å².